The minimum Gasteiger partial charge on any atom is -0.496 e. The van der Waals surface area contributed by atoms with Crippen LogP contribution >= 0.6 is 0 Å². The first-order valence-corrected chi connectivity index (χ1v) is 7.56. The van der Waals surface area contributed by atoms with Gasteiger partial charge in [0, 0.05) is 5.39 Å². The van der Waals surface area contributed by atoms with Crippen LogP contribution in [0.1, 0.15) is 17.2 Å². The normalized spacial score (nSPS) is 12.8. The van der Waals surface area contributed by atoms with Crippen LogP contribution in [0.25, 0.3) is 10.8 Å². The number of fused-ring (bicyclic) bond motifs is 1. The first-order valence-electron chi connectivity index (χ1n) is 7.56. The van der Waals surface area contributed by atoms with Crippen LogP contribution in [0.2, 0.25) is 0 Å². The molecule has 3 aromatic rings. The lowest BCUT2D eigenvalue weighted by atomic mass is 9.94. The summed E-state index contributed by atoms with van der Waals surface area (Å²) in [5.74, 6) is 0.462. The molecule has 0 amide bonds. The van der Waals surface area contributed by atoms with E-state index < -0.39 is 12.4 Å². The lowest BCUT2D eigenvalue weighted by Gasteiger charge is -2.17. The second-order valence-electron chi connectivity index (χ2n) is 5.50. The Balaban J connectivity index is 1.96. The molecule has 3 nitrogen and oxygen atoms in total. The van der Waals surface area contributed by atoms with Gasteiger partial charge < -0.3 is 15.2 Å². The summed E-state index contributed by atoms with van der Waals surface area (Å²) in [6.07, 6.45) is -4.71. The summed E-state index contributed by atoms with van der Waals surface area (Å²) in [6, 6.07) is 16.5. The Labute approximate surface area is 142 Å². The summed E-state index contributed by atoms with van der Waals surface area (Å²) in [5, 5.41) is 1.86. The molecule has 0 aliphatic heterocycles. The third kappa shape index (κ3) is 3.69. The number of alkyl halides is 3. The van der Waals surface area contributed by atoms with Crippen molar-refractivity contribution in [2.24, 2.45) is 5.73 Å². The van der Waals surface area contributed by atoms with E-state index in [1.165, 1.54) is 24.3 Å². The highest BCUT2D eigenvalue weighted by atomic mass is 19.4. The molecule has 0 aromatic heterocycles. The van der Waals surface area contributed by atoms with Gasteiger partial charge in [-0.3, -0.25) is 0 Å². The van der Waals surface area contributed by atoms with Gasteiger partial charge in [0.15, 0.2) is 0 Å². The Morgan fingerprint density at radius 1 is 0.880 bits per heavy atom. The number of nitrogens with two attached hydrogens (primary N) is 1. The van der Waals surface area contributed by atoms with E-state index in [2.05, 4.69) is 4.74 Å². The van der Waals surface area contributed by atoms with Gasteiger partial charge in [-0.05, 0) is 34.7 Å². The van der Waals surface area contributed by atoms with Gasteiger partial charge in [-0.1, -0.05) is 42.5 Å². The lowest BCUT2D eigenvalue weighted by Crippen LogP contribution is -2.17. The molecule has 0 bridgehead atoms. The number of halogens is 3. The third-order valence-corrected chi connectivity index (χ3v) is 3.95. The SMILES string of the molecule is COc1ccc([C@@H](N)c2ccc(OC(F)(F)F)cc2)c2ccccc12. The predicted octanol–water partition coefficient (Wildman–Crippen LogP) is 4.80. The fourth-order valence-corrected chi connectivity index (χ4v) is 2.80. The second-order valence-corrected chi connectivity index (χ2v) is 5.50. The minimum absolute atomic E-state index is 0.275. The van der Waals surface area contributed by atoms with Crippen molar-refractivity contribution in [3.63, 3.8) is 0 Å². The standard InChI is InChI=1S/C19H16F3NO2/c1-24-17-11-10-16(14-4-2-3-5-15(14)17)18(23)12-6-8-13(9-7-12)25-19(20,21)22/h2-11,18H,23H2,1H3/t18-/m0/s1. The van der Waals surface area contributed by atoms with Crippen LogP contribution in [0.4, 0.5) is 13.2 Å². The largest absolute Gasteiger partial charge is 0.573 e. The summed E-state index contributed by atoms with van der Waals surface area (Å²) >= 11 is 0. The summed E-state index contributed by atoms with van der Waals surface area (Å²) in [6.45, 7) is 0. The maximum atomic E-state index is 12.3. The van der Waals surface area contributed by atoms with Gasteiger partial charge in [-0.25, -0.2) is 0 Å². The highest BCUT2D eigenvalue weighted by molar-refractivity contribution is 5.91. The Hall–Kier alpha value is -2.73. The Kier molecular flexibility index (Phi) is 4.55. The summed E-state index contributed by atoms with van der Waals surface area (Å²) in [7, 11) is 1.60. The van der Waals surface area contributed by atoms with Crippen molar-refractivity contribution in [3.8, 4) is 11.5 Å². The highest BCUT2D eigenvalue weighted by Gasteiger charge is 2.31. The maximum absolute atomic E-state index is 12.3. The van der Waals surface area contributed by atoms with Gasteiger partial charge in [0.1, 0.15) is 11.5 Å². The number of ether oxygens (including phenoxy) is 2. The molecule has 0 fully saturated rings. The van der Waals surface area contributed by atoms with E-state index >= 15 is 0 Å². The molecule has 0 saturated carbocycles. The molecular formula is C19H16F3NO2. The van der Waals surface area contributed by atoms with Crippen LogP contribution in [-0.4, -0.2) is 13.5 Å². The van der Waals surface area contributed by atoms with Crippen molar-refractivity contribution >= 4 is 10.8 Å². The Morgan fingerprint density at radius 3 is 2.12 bits per heavy atom. The molecule has 0 unspecified atom stereocenters. The van der Waals surface area contributed by atoms with Gasteiger partial charge in [-0.15, -0.1) is 13.2 Å². The van der Waals surface area contributed by atoms with E-state index in [0.29, 0.717) is 5.56 Å². The van der Waals surface area contributed by atoms with Crippen molar-refractivity contribution in [2.75, 3.05) is 7.11 Å². The molecule has 2 N–H and O–H groups in total. The van der Waals surface area contributed by atoms with Crippen LogP contribution in [0.3, 0.4) is 0 Å². The van der Waals surface area contributed by atoms with Gasteiger partial charge >= 0.3 is 6.36 Å². The molecule has 130 valence electrons. The molecule has 1 atom stereocenters. The van der Waals surface area contributed by atoms with Crippen molar-refractivity contribution < 1.29 is 22.6 Å². The molecule has 3 rings (SSSR count). The predicted molar refractivity (Wildman–Crippen MR) is 89.7 cm³/mol. The lowest BCUT2D eigenvalue weighted by molar-refractivity contribution is -0.274. The van der Waals surface area contributed by atoms with Crippen molar-refractivity contribution in [1.82, 2.24) is 0 Å². The smallest absolute Gasteiger partial charge is 0.496 e. The summed E-state index contributed by atoms with van der Waals surface area (Å²) < 4.78 is 46.0. The number of hydrogen-bond acceptors (Lipinski definition) is 3. The zero-order valence-corrected chi connectivity index (χ0v) is 13.4. The molecule has 0 saturated heterocycles. The van der Waals surface area contributed by atoms with Crippen molar-refractivity contribution in [1.29, 1.82) is 0 Å². The van der Waals surface area contributed by atoms with E-state index in [9.17, 15) is 13.2 Å². The molecule has 0 spiro atoms. The zero-order valence-electron chi connectivity index (χ0n) is 13.4. The number of benzene rings is 3. The van der Waals surface area contributed by atoms with E-state index in [1.807, 2.05) is 36.4 Å². The highest BCUT2D eigenvalue weighted by Crippen LogP contribution is 2.33. The third-order valence-electron chi connectivity index (χ3n) is 3.95. The second kappa shape index (κ2) is 6.64. The van der Waals surface area contributed by atoms with Gasteiger partial charge in [-0.2, -0.15) is 0 Å². The van der Waals surface area contributed by atoms with Crippen LogP contribution < -0.4 is 15.2 Å². The topological polar surface area (TPSA) is 44.5 Å². The van der Waals surface area contributed by atoms with Gasteiger partial charge in [0.25, 0.3) is 0 Å². The molecule has 25 heavy (non-hydrogen) atoms. The fourth-order valence-electron chi connectivity index (χ4n) is 2.80. The fraction of sp³-hybridized carbons (Fsp3) is 0.158. The summed E-state index contributed by atoms with van der Waals surface area (Å²) in [4.78, 5) is 0. The first-order chi connectivity index (χ1) is 11.9. The average molecular weight is 347 g/mol. The zero-order chi connectivity index (χ0) is 18.0. The molecule has 0 radical (unpaired) electrons. The molecule has 0 aliphatic carbocycles. The number of hydrogen-bond donors (Lipinski definition) is 1. The number of methoxy groups -OCH3 is 1. The average Bonchev–Trinajstić information content (AvgIpc) is 2.59. The molecule has 3 aromatic carbocycles. The van der Waals surface area contributed by atoms with Crippen LogP contribution in [-0.2, 0) is 0 Å². The van der Waals surface area contributed by atoms with Gasteiger partial charge in [0.05, 0.1) is 13.2 Å². The molecule has 0 heterocycles. The van der Waals surface area contributed by atoms with E-state index in [-0.39, 0.29) is 5.75 Å². The van der Waals surface area contributed by atoms with Crippen LogP contribution in [0.5, 0.6) is 11.5 Å². The van der Waals surface area contributed by atoms with Gasteiger partial charge in [0.2, 0.25) is 0 Å². The van der Waals surface area contributed by atoms with E-state index in [1.54, 1.807) is 7.11 Å². The van der Waals surface area contributed by atoms with Crippen LogP contribution in [0, 0.1) is 0 Å². The molecule has 6 heteroatoms. The van der Waals surface area contributed by atoms with E-state index in [4.69, 9.17) is 10.5 Å². The van der Waals surface area contributed by atoms with E-state index in [0.717, 1.165) is 22.1 Å². The first kappa shape index (κ1) is 17.1. The molecular weight excluding hydrogens is 331 g/mol. The quantitative estimate of drug-likeness (QED) is 0.738. The number of rotatable bonds is 4. The minimum atomic E-state index is -4.71. The van der Waals surface area contributed by atoms with Crippen molar-refractivity contribution in [3.05, 3.63) is 71.8 Å². The Bertz CT molecular complexity index is 876. The maximum Gasteiger partial charge on any atom is 0.573 e. The van der Waals surface area contributed by atoms with Crippen LogP contribution in [0.15, 0.2) is 60.7 Å². The van der Waals surface area contributed by atoms with Crippen molar-refractivity contribution in [2.45, 2.75) is 12.4 Å². The summed E-state index contributed by atoms with van der Waals surface area (Å²) in [5.41, 5.74) is 7.89. The Morgan fingerprint density at radius 2 is 1.52 bits per heavy atom. The monoisotopic (exact) mass is 347 g/mol. The molecule has 0 aliphatic rings.